The summed E-state index contributed by atoms with van der Waals surface area (Å²) >= 11 is 1.56. The zero-order valence-electron chi connectivity index (χ0n) is 22.1. The fraction of sp³-hybridized carbons (Fsp3) is 0. The van der Waals surface area contributed by atoms with Gasteiger partial charge in [0.25, 0.3) is 0 Å². The molecule has 0 saturated carbocycles. The molecule has 0 unspecified atom stereocenters. The van der Waals surface area contributed by atoms with Crippen LogP contribution in [-0.4, -0.2) is 19.6 Å². The zero-order chi connectivity index (χ0) is 27.4. The van der Waals surface area contributed by atoms with Crippen molar-refractivity contribution in [1.29, 1.82) is 0 Å². The molecule has 0 amide bonds. The quantitative estimate of drug-likeness (QED) is 0.210. The van der Waals surface area contributed by atoms with E-state index in [0.29, 0.717) is 0 Å². The molecule has 0 aliphatic carbocycles. The summed E-state index contributed by atoms with van der Waals surface area (Å²) in [7, 11) is 0. The summed E-state index contributed by atoms with van der Waals surface area (Å²) in [4.78, 5) is 6.14. The molecule has 6 heteroatoms. The van der Waals surface area contributed by atoms with Crippen molar-refractivity contribution in [2.24, 2.45) is 4.99 Å². The molecule has 0 spiro atoms. The van der Waals surface area contributed by atoms with Crippen molar-refractivity contribution in [2.75, 3.05) is 0 Å². The van der Waals surface area contributed by atoms with Crippen molar-refractivity contribution < 1.29 is 0 Å². The van der Waals surface area contributed by atoms with Crippen molar-refractivity contribution in [2.45, 2.75) is 0 Å². The van der Waals surface area contributed by atoms with E-state index in [0.717, 1.165) is 54.9 Å². The van der Waals surface area contributed by atoms with E-state index in [-0.39, 0.29) is 0 Å². The van der Waals surface area contributed by atoms with Crippen molar-refractivity contribution in [3.8, 4) is 44.3 Å². The second kappa shape index (κ2) is 11.0. The number of aromatic nitrogens is 4. The third-order valence-corrected chi connectivity index (χ3v) is 7.71. The predicted octanol–water partition coefficient (Wildman–Crippen LogP) is 8.35. The summed E-state index contributed by atoms with van der Waals surface area (Å²) in [5.41, 5.74) is 6.85. The Morgan fingerprint density at radius 3 is 1.49 bits per heavy atom. The maximum absolute atomic E-state index is 5.38. The highest BCUT2D eigenvalue weighted by atomic mass is 32.1. The zero-order valence-corrected chi connectivity index (χ0v) is 22.9. The summed E-state index contributed by atoms with van der Waals surface area (Å²) in [6, 6.07) is 51.2. The Kier molecular flexibility index (Phi) is 6.65. The molecule has 2 aromatic heterocycles. The molecule has 0 aliphatic rings. The van der Waals surface area contributed by atoms with Crippen molar-refractivity contribution >= 4 is 17.2 Å². The molecule has 5 nitrogen and oxygen atoms in total. The maximum Gasteiger partial charge on any atom is 0.214 e. The van der Waals surface area contributed by atoms with Crippen LogP contribution < -0.4 is 4.80 Å². The van der Waals surface area contributed by atoms with Crippen LogP contribution in [0.4, 0.5) is 5.82 Å². The molecule has 0 atom stereocenters. The van der Waals surface area contributed by atoms with Gasteiger partial charge in [-0.05, 0) is 29.8 Å². The van der Waals surface area contributed by atoms with Gasteiger partial charge in [-0.3, -0.25) is 0 Å². The van der Waals surface area contributed by atoms with Crippen LogP contribution in [0, 0.1) is 0 Å². The third-order valence-electron chi connectivity index (χ3n) is 6.75. The van der Waals surface area contributed by atoms with Crippen LogP contribution in [0.5, 0.6) is 0 Å². The van der Waals surface area contributed by atoms with E-state index in [1.165, 1.54) is 0 Å². The van der Waals surface area contributed by atoms with E-state index in [9.17, 15) is 0 Å². The number of nitrogens with zero attached hydrogens (tertiary/aromatic N) is 5. The number of hydrogen-bond acceptors (Lipinski definition) is 4. The Labute approximate surface area is 242 Å². The topological polar surface area (TPSA) is 48.0 Å². The van der Waals surface area contributed by atoms with Crippen LogP contribution in [0.3, 0.4) is 0 Å². The lowest BCUT2D eigenvalue weighted by Gasteiger charge is -2.07. The summed E-state index contributed by atoms with van der Waals surface area (Å²) < 4.78 is 3.87. The predicted molar refractivity (Wildman–Crippen MR) is 167 cm³/mol. The average Bonchev–Trinajstić information content (AvgIpc) is 3.65. The Morgan fingerprint density at radius 1 is 0.463 bits per heavy atom. The van der Waals surface area contributed by atoms with Crippen molar-refractivity contribution in [3.05, 3.63) is 156 Å². The highest BCUT2D eigenvalue weighted by Crippen LogP contribution is 2.40. The van der Waals surface area contributed by atoms with Gasteiger partial charge in [-0.1, -0.05) is 139 Å². The molecule has 0 radical (unpaired) electrons. The molecular weight excluding hydrogens is 522 g/mol. The monoisotopic (exact) mass is 547 g/mol. The Hall–Kier alpha value is -5.33. The number of benzene rings is 5. The molecule has 0 saturated heterocycles. The molecular formula is C35H25N5S. The highest BCUT2D eigenvalue weighted by Gasteiger charge is 2.22. The second-order valence-corrected chi connectivity index (χ2v) is 10.4. The fourth-order valence-corrected chi connectivity index (χ4v) is 5.72. The van der Waals surface area contributed by atoms with Gasteiger partial charge in [-0.25, -0.2) is 9.36 Å². The Bertz CT molecular complexity index is 1960. The van der Waals surface area contributed by atoms with Gasteiger partial charge in [-0.15, -0.1) is 0 Å². The van der Waals surface area contributed by atoms with Gasteiger partial charge in [0.2, 0.25) is 4.80 Å². The molecule has 196 valence electrons. The second-order valence-electron chi connectivity index (χ2n) is 9.44. The summed E-state index contributed by atoms with van der Waals surface area (Å²) in [6.07, 6.45) is 0. The molecule has 0 fully saturated rings. The smallest absolute Gasteiger partial charge is 0.214 e. The minimum atomic E-state index is 0.745. The van der Waals surface area contributed by atoms with Crippen LogP contribution in [0.25, 0.3) is 44.3 Å². The fourth-order valence-electron chi connectivity index (χ4n) is 4.81. The lowest BCUT2D eigenvalue weighted by molar-refractivity contribution is 0.823. The highest BCUT2D eigenvalue weighted by molar-refractivity contribution is 7.12. The molecule has 0 bridgehead atoms. The lowest BCUT2D eigenvalue weighted by Crippen LogP contribution is -2.14. The summed E-state index contributed by atoms with van der Waals surface area (Å²) in [5.74, 6) is 0.745. The third kappa shape index (κ3) is 4.93. The number of rotatable bonds is 6. The SMILES string of the molecule is c1ccc(-c2nn(-c3ccccc3)c(=Nc3c(-c4ccccc4)c(-c4ccccc4)nn3-c3ccccc3)s2)cc1. The van der Waals surface area contributed by atoms with Crippen molar-refractivity contribution in [1.82, 2.24) is 19.6 Å². The molecule has 5 aromatic carbocycles. The van der Waals surface area contributed by atoms with Crippen molar-refractivity contribution in [3.63, 3.8) is 0 Å². The van der Waals surface area contributed by atoms with Crippen LogP contribution in [-0.2, 0) is 0 Å². The van der Waals surface area contributed by atoms with E-state index in [2.05, 4.69) is 72.8 Å². The van der Waals surface area contributed by atoms with E-state index in [4.69, 9.17) is 15.2 Å². The standard InChI is InChI=1S/C35H25N5S/c1-6-16-26(17-7-1)31-32(27-18-8-2-9-19-27)37-39(29-22-12-4-13-23-29)33(31)36-35-40(30-24-14-5-15-25-30)38-34(41-35)28-20-10-3-11-21-28/h1-25H. The lowest BCUT2D eigenvalue weighted by atomic mass is 10.0. The first-order chi connectivity index (χ1) is 20.3. The van der Waals surface area contributed by atoms with E-state index >= 15 is 0 Å². The number of hydrogen-bond donors (Lipinski definition) is 0. The van der Waals surface area contributed by atoms with Gasteiger partial charge in [0.05, 0.1) is 16.9 Å². The van der Waals surface area contributed by atoms with Gasteiger partial charge in [-0.2, -0.15) is 15.2 Å². The van der Waals surface area contributed by atoms with Gasteiger partial charge in [0, 0.05) is 11.1 Å². The van der Waals surface area contributed by atoms with E-state index in [1.54, 1.807) is 11.3 Å². The largest absolute Gasteiger partial charge is 0.214 e. The first-order valence-corrected chi connectivity index (χ1v) is 14.2. The van der Waals surface area contributed by atoms with Gasteiger partial charge in [0.15, 0.2) is 5.82 Å². The van der Waals surface area contributed by atoms with Gasteiger partial charge in [0.1, 0.15) is 10.7 Å². The summed E-state index contributed by atoms with van der Waals surface area (Å²) in [6.45, 7) is 0. The minimum absolute atomic E-state index is 0.745. The van der Waals surface area contributed by atoms with E-state index in [1.807, 2.05) is 88.2 Å². The Morgan fingerprint density at radius 2 is 0.927 bits per heavy atom. The van der Waals surface area contributed by atoms with Gasteiger partial charge < -0.3 is 0 Å². The molecule has 2 heterocycles. The number of para-hydroxylation sites is 2. The molecule has 0 N–H and O–H groups in total. The summed E-state index contributed by atoms with van der Waals surface area (Å²) in [5, 5.41) is 11.1. The molecule has 41 heavy (non-hydrogen) atoms. The first-order valence-electron chi connectivity index (χ1n) is 13.4. The minimum Gasteiger partial charge on any atom is -0.214 e. The van der Waals surface area contributed by atoms with E-state index < -0.39 is 0 Å². The average molecular weight is 548 g/mol. The van der Waals surface area contributed by atoms with Crippen LogP contribution in [0.2, 0.25) is 0 Å². The Balaban J connectivity index is 1.57. The molecule has 7 aromatic rings. The van der Waals surface area contributed by atoms with Gasteiger partial charge >= 0.3 is 0 Å². The van der Waals surface area contributed by atoms with Crippen LogP contribution in [0.1, 0.15) is 0 Å². The normalized spacial score (nSPS) is 11.6. The van der Waals surface area contributed by atoms with Crippen LogP contribution >= 0.6 is 11.3 Å². The molecule has 7 rings (SSSR count). The first kappa shape index (κ1) is 24.7. The maximum atomic E-state index is 5.38. The van der Waals surface area contributed by atoms with Crippen LogP contribution in [0.15, 0.2) is 157 Å². The molecule has 0 aliphatic heterocycles.